The van der Waals surface area contributed by atoms with E-state index >= 15 is 0 Å². The molecular formula is C27H37FN2O2. The van der Waals surface area contributed by atoms with E-state index in [2.05, 4.69) is 36.1 Å². The maximum absolute atomic E-state index is 14.5. The van der Waals surface area contributed by atoms with Crippen molar-refractivity contribution < 1.29 is 13.9 Å². The van der Waals surface area contributed by atoms with Gasteiger partial charge in [-0.3, -0.25) is 9.69 Å². The number of benzene rings is 2. The van der Waals surface area contributed by atoms with Crippen molar-refractivity contribution >= 4 is 5.91 Å². The van der Waals surface area contributed by atoms with E-state index in [-0.39, 0.29) is 23.6 Å². The fourth-order valence-electron chi connectivity index (χ4n) is 4.84. The number of amides is 1. The van der Waals surface area contributed by atoms with Gasteiger partial charge in [-0.2, -0.15) is 0 Å². The van der Waals surface area contributed by atoms with E-state index in [0.29, 0.717) is 32.2 Å². The number of rotatable bonds is 9. The van der Waals surface area contributed by atoms with Crippen LogP contribution in [0.15, 0.2) is 42.5 Å². The molecule has 1 heterocycles. The second-order valence-electron chi connectivity index (χ2n) is 9.44. The third-order valence-electron chi connectivity index (χ3n) is 6.53. The van der Waals surface area contributed by atoms with Crippen molar-refractivity contribution in [1.29, 1.82) is 0 Å². The summed E-state index contributed by atoms with van der Waals surface area (Å²) < 4.78 is 19.7. The number of halogens is 1. The maximum Gasteiger partial charge on any atom is 0.225 e. The molecule has 0 saturated carbocycles. The first kappa shape index (κ1) is 24.4. The first-order chi connectivity index (χ1) is 15.3. The molecule has 1 amide bonds. The predicted molar refractivity (Wildman–Crippen MR) is 127 cm³/mol. The Hall–Kier alpha value is -2.24. The summed E-state index contributed by atoms with van der Waals surface area (Å²) in [6, 6.07) is 13.8. The Labute approximate surface area is 192 Å². The van der Waals surface area contributed by atoms with Crippen LogP contribution in [0, 0.1) is 31.5 Å². The number of ether oxygens (including phenoxy) is 1. The molecule has 1 saturated heterocycles. The molecule has 0 spiro atoms. The van der Waals surface area contributed by atoms with Crippen LogP contribution in [0.1, 0.15) is 42.0 Å². The molecular weight excluding hydrogens is 403 g/mol. The molecule has 3 rings (SSSR count). The van der Waals surface area contributed by atoms with Gasteiger partial charge in [0.15, 0.2) is 0 Å². The molecule has 1 aliphatic heterocycles. The maximum atomic E-state index is 14.5. The molecule has 0 N–H and O–H groups in total. The number of hydrogen-bond donors (Lipinski definition) is 0. The highest BCUT2D eigenvalue weighted by molar-refractivity contribution is 5.78. The second-order valence-corrected chi connectivity index (χ2v) is 9.44. The van der Waals surface area contributed by atoms with Gasteiger partial charge >= 0.3 is 0 Å². The van der Waals surface area contributed by atoms with Gasteiger partial charge in [0.05, 0.1) is 6.61 Å². The third kappa shape index (κ3) is 5.96. The average Bonchev–Trinajstić information content (AvgIpc) is 3.15. The van der Waals surface area contributed by atoms with Crippen molar-refractivity contribution in [3.63, 3.8) is 0 Å². The Kier molecular flexibility index (Phi) is 8.44. The topological polar surface area (TPSA) is 32.8 Å². The Morgan fingerprint density at radius 2 is 1.94 bits per heavy atom. The average molecular weight is 441 g/mol. The van der Waals surface area contributed by atoms with E-state index in [0.717, 1.165) is 24.2 Å². The van der Waals surface area contributed by atoms with Crippen LogP contribution in [0.2, 0.25) is 0 Å². The molecule has 0 aromatic heterocycles. The summed E-state index contributed by atoms with van der Waals surface area (Å²) in [5, 5.41) is 0. The zero-order chi connectivity index (χ0) is 23.3. The van der Waals surface area contributed by atoms with E-state index in [1.807, 2.05) is 37.8 Å². The molecule has 2 atom stereocenters. The van der Waals surface area contributed by atoms with Crippen LogP contribution < -0.4 is 0 Å². The summed E-state index contributed by atoms with van der Waals surface area (Å²) in [7, 11) is 1.67. The standard InChI is InChI=1S/C27H37FN2O2/c1-19(2)27(31)30(12-13-32-5)17-23-16-29(15-22-14-20(3)10-11-26(22)28)18-25(23)24-9-7-6-8-21(24)4/h6-11,14,19,23,25H,12-13,15-18H2,1-5H3. The van der Waals surface area contributed by atoms with Gasteiger partial charge in [0.2, 0.25) is 5.91 Å². The molecule has 2 aromatic carbocycles. The molecule has 2 aromatic rings. The van der Waals surface area contributed by atoms with Crippen molar-refractivity contribution in [2.45, 2.75) is 40.2 Å². The van der Waals surface area contributed by atoms with Gasteiger partial charge in [-0.15, -0.1) is 0 Å². The van der Waals surface area contributed by atoms with E-state index < -0.39 is 0 Å². The number of hydrogen-bond acceptors (Lipinski definition) is 3. The van der Waals surface area contributed by atoms with Crippen molar-refractivity contribution in [3.05, 3.63) is 70.5 Å². The largest absolute Gasteiger partial charge is 0.383 e. The van der Waals surface area contributed by atoms with Crippen molar-refractivity contribution in [3.8, 4) is 0 Å². The van der Waals surface area contributed by atoms with E-state index in [1.165, 1.54) is 11.1 Å². The Morgan fingerprint density at radius 1 is 1.19 bits per heavy atom. The molecule has 174 valence electrons. The minimum absolute atomic E-state index is 0.0531. The normalized spacial score (nSPS) is 19.0. The lowest BCUT2D eigenvalue weighted by Gasteiger charge is -2.30. The highest BCUT2D eigenvalue weighted by Crippen LogP contribution is 2.36. The van der Waals surface area contributed by atoms with Gasteiger partial charge in [0, 0.05) is 57.2 Å². The molecule has 0 bridgehead atoms. The van der Waals surface area contributed by atoms with Gasteiger partial charge < -0.3 is 9.64 Å². The van der Waals surface area contributed by atoms with Crippen LogP contribution in [0.5, 0.6) is 0 Å². The second kappa shape index (κ2) is 11.1. The molecule has 0 aliphatic carbocycles. The van der Waals surface area contributed by atoms with E-state index in [1.54, 1.807) is 13.2 Å². The van der Waals surface area contributed by atoms with Crippen LogP contribution >= 0.6 is 0 Å². The van der Waals surface area contributed by atoms with Crippen LogP contribution in [0.4, 0.5) is 4.39 Å². The molecule has 0 radical (unpaired) electrons. The lowest BCUT2D eigenvalue weighted by molar-refractivity contribution is -0.135. The number of aryl methyl sites for hydroxylation is 2. The lowest BCUT2D eigenvalue weighted by Crippen LogP contribution is -2.41. The Balaban J connectivity index is 1.85. The molecule has 2 unspecified atom stereocenters. The summed E-state index contributed by atoms with van der Waals surface area (Å²) >= 11 is 0. The SMILES string of the molecule is COCCN(CC1CN(Cc2cc(C)ccc2F)CC1c1ccccc1C)C(=O)C(C)C. The molecule has 32 heavy (non-hydrogen) atoms. The fraction of sp³-hybridized carbons (Fsp3) is 0.519. The van der Waals surface area contributed by atoms with Crippen LogP contribution in [0.3, 0.4) is 0 Å². The van der Waals surface area contributed by atoms with Crippen molar-refractivity contribution in [2.24, 2.45) is 11.8 Å². The highest BCUT2D eigenvalue weighted by Gasteiger charge is 2.36. The number of nitrogens with zero attached hydrogens (tertiary/aromatic N) is 2. The summed E-state index contributed by atoms with van der Waals surface area (Å²) in [6.07, 6.45) is 0. The number of carbonyl (C=O) groups excluding carboxylic acids is 1. The summed E-state index contributed by atoms with van der Waals surface area (Å²) in [6.45, 7) is 12.1. The number of methoxy groups -OCH3 is 1. The van der Waals surface area contributed by atoms with Crippen LogP contribution in [-0.4, -0.2) is 55.6 Å². The van der Waals surface area contributed by atoms with Gasteiger partial charge in [-0.05, 0) is 37.0 Å². The van der Waals surface area contributed by atoms with E-state index in [4.69, 9.17) is 4.74 Å². The number of carbonyl (C=O) groups is 1. The molecule has 1 fully saturated rings. The van der Waals surface area contributed by atoms with Crippen molar-refractivity contribution in [1.82, 2.24) is 9.80 Å². The predicted octanol–water partition coefficient (Wildman–Crippen LogP) is 4.79. The minimum Gasteiger partial charge on any atom is -0.383 e. The Bertz CT molecular complexity index is 914. The smallest absolute Gasteiger partial charge is 0.225 e. The van der Waals surface area contributed by atoms with E-state index in [9.17, 15) is 9.18 Å². The summed E-state index contributed by atoms with van der Waals surface area (Å²) in [4.78, 5) is 17.2. The zero-order valence-electron chi connectivity index (χ0n) is 20.1. The third-order valence-corrected chi connectivity index (χ3v) is 6.53. The van der Waals surface area contributed by atoms with Gasteiger partial charge in [-0.1, -0.05) is 55.8 Å². The minimum atomic E-state index is -0.150. The lowest BCUT2D eigenvalue weighted by atomic mass is 9.86. The highest BCUT2D eigenvalue weighted by atomic mass is 19.1. The van der Waals surface area contributed by atoms with Gasteiger partial charge in [0.25, 0.3) is 0 Å². The first-order valence-corrected chi connectivity index (χ1v) is 11.6. The number of likely N-dealkylation sites (tertiary alicyclic amines) is 1. The molecule has 4 nitrogen and oxygen atoms in total. The monoisotopic (exact) mass is 440 g/mol. The van der Waals surface area contributed by atoms with Gasteiger partial charge in [-0.25, -0.2) is 4.39 Å². The Morgan fingerprint density at radius 3 is 2.62 bits per heavy atom. The first-order valence-electron chi connectivity index (χ1n) is 11.6. The summed E-state index contributed by atoms with van der Waals surface area (Å²) in [5.41, 5.74) is 4.41. The molecule has 5 heteroatoms. The quantitative estimate of drug-likeness (QED) is 0.562. The fourth-order valence-corrected chi connectivity index (χ4v) is 4.84. The molecule has 1 aliphatic rings. The van der Waals surface area contributed by atoms with Crippen molar-refractivity contribution in [2.75, 3.05) is 39.9 Å². The zero-order valence-corrected chi connectivity index (χ0v) is 20.1. The summed E-state index contributed by atoms with van der Waals surface area (Å²) in [5.74, 6) is 0.539. The van der Waals surface area contributed by atoms with Crippen LogP contribution in [0.25, 0.3) is 0 Å². The van der Waals surface area contributed by atoms with Crippen LogP contribution in [-0.2, 0) is 16.1 Å². The van der Waals surface area contributed by atoms with Gasteiger partial charge in [0.1, 0.15) is 5.82 Å².